The highest BCUT2D eigenvalue weighted by Crippen LogP contribution is 2.21. The van der Waals surface area contributed by atoms with Gasteiger partial charge in [-0.25, -0.2) is 4.98 Å². The summed E-state index contributed by atoms with van der Waals surface area (Å²) in [6.07, 6.45) is 1.20. The van der Waals surface area contributed by atoms with E-state index in [-0.39, 0.29) is 6.10 Å². The van der Waals surface area contributed by atoms with Gasteiger partial charge in [-0.05, 0) is 33.2 Å². The lowest BCUT2D eigenvalue weighted by molar-refractivity contribution is 0.00394. The SMILES string of the molecule is CCNC(Cc1nc(C)c(C)s1)C(OCC)C(C)C. The van der Waals surface area contributed by atoms with Crippen molar-refractivity contribution in [2.45, 2.75) is 60.1 Å². The highest BCUT2D eigenvalue weighted by atomic mass is 32.1. The minimum Gasteiger partial charge on any atom is -0.377 e. The van der Waals surface area contributed by atoms with Gasteiger partial charge in [0.25, 0.3) is 0 Å². The predicted molar refractivity (Wildman–Crippen MR) is 83.0 cm³/mol. The second-order valence-electron chi connectivity index (χ2n) is 5.28. The molecule has 19 heavy (non-hydrogen) atoms. The quantitative estimate of drug-likeness (QED) is 0.795. The molecular weight excluding hydrogens is 256 g/mol. The number of hydrogen-bond acceptors (Lipinski definition) is 4. The minimum atomic E-state index is 0.245. The van der Waals surface area contributed by atoms with E-state index in [1.54, 1.807) is 0 Å². The van der Waals surface area contributed by atoms with E-state index in [2.05, 4.69) is 51.8 Å². The van der Waals surface area contributed by atoms with Crippen molar-refractivity contribution < 1.29 is 4.74 Å². The van der Waals surface area contributed by atoms with Crippen molar-refractivity contribution in [2.24, 2.45) is 5.92 Å². The van der Waals surface area contributed by atoms with Gasteiger partial charge in [-0.2, -0.15) is 0 Å². The van der Waals surface area contributed by atoms with Crippen LogP contribution in [0.1, 0.15) is 43.3 Å². The van der Waals surface area contributed by atoms with Gasteiger partial charge in [-0.1, -0.05) is 20.8 Å². The van der Waals surface area contributed by atoms with Crippen LogP contribution in [0.3, 0.4) is 0 Å². The lowest BCUT2D eigenvalue weighted by Crippen LogP contribution is -2.45. The van der Waals surface area contributed by atoms with E-state index in [1.165, 1.54) is 9.88 Å². The van der Waals surface area contributed by atoms with Crippen LogP contribution in [0.15, 0.2) is 0 Å². The van der Waals surface area contributed by atoms with Crippen LogP contribution in [0, 0.1) is 19.8 Å². The van der Waals surface area contributed by atoms with Gasteiger partial charge in [0.05, 0.1) is 16.8 Å². The summed E-state index contributed by atoms with van der Waals surface area (Å²) in [4.78, 5) is 5.98. The molecule has 110 valence electrons. The van der Waals surface area contributed by atoms with Crippen molar-refractivity contribution in [1.29, 1.82) is 0 Å². The first-order valence-electron chi connectivity index (χ1n) is 7.27. The van der Waals surface area contributed by atoms with Crippen LogP contribution in [-0.2, 0) is 11.2 Å². The Morgan fingerprint density at radius 3 is 2.37 bits per heavy atom. The number of thiazole rings is 1. The Morgan fingerprint density at radius 2 is 1.95 bits per heavy atom. The first-order valence-corrected chi connectivity index (χ1v) is 8.09. The molecule has 0 spiro atoms. The molecule has 2 atom stereocenters. The van der Waals surface area contributed by atoms with Crippen LogP contribution in [0.25, 0.3) is 0 Å². The monoisotopic (exact) mass is 284 g/mol. The van der Waals surface area contributed by atoms with Crippen LogP contribution in [-0.4, -0.2) is 30.3 Å². The first-order chi connectivity index (χ1) is 8.99. The van der Waals surface area contributed by atoms with E-state index in [0.29, 0.717) is 12.0 Å². The fourth-order valence-electron chi connectivity index (χ4n) is 2.35. The Kier molecular flexibility index (Phi) is 6.97. The molecule has 1 N–H and O–H groups in total. The van der Waals surface area contributed by atoms with Crippen molar-refractivity contribution in [1.82, 2.24) is 10.3 Å². The van der Waals surface area contributed by atoms with Crippen molar-refractivity contribution in [3.05, 3.63) is 15.6 Å². The number of aryl methyl sites for hydroxylation is 2. The number of ether oxygens (including phenoxy) is 1. The summed E-state index contributed by atoms with van der Waals surface area (Å²) in [7, 11) is 0. The number of aromatic nitrogens is 1. The van der Waals surface area contributed by atoms with E-state index in [9.17, 15) is 0 Å². The van der Waals surface area contributed by atoms with Gasteiger partial charge in [-0.15, -0.1) is 11.3 Å². The van der Waals surface area contributed by atoms with E-state index in [0.717, 1.165) is 25.3 Å². The number of nitrogens with one attached hydrogen (secondary N) is 1. The zero-order chi connectivity index (χ0) is 14.4. The molecule has 0 fully saturated rings. The molecule has 0 bridgehead atoms. The molecule has 0 saturated heterocycles. The lowest BCUT2D eigenvalue weighted by atomic mass is 9.97. The summed E-state index contributed by atoms with van der Waals surface area (Å²) < 4.78 is 5.94. The molecule has 0 aliphatic carbocycles. The Labute approximate surface area is 121 Å². The molecule has 1 aromatic heterocycles. The van der Waals surface area contributed by atoms with Gasteiger partial charge in [0.15, 0.2) is 0 Å². The topological polar surface area (TPSA) is 34.2 Å². The summed E-state index contributed by atoms with van der Waals surface area (Å²) in [5, 5.41) is 4.78. The van der Waals surface area contributed by atoms with Crippen molar-refractivity contribution in [2.75, 3.05) is 13.2 Å². The molecule has 3 nitrogen and oxygen atoms in total. The summed E-state index contributed by atoms with van der Waals surface area (Å²) >= 11 is 1.81. The maximum absolute atomic E-state index is 5.94. The molecule has 0 radical (unpaired) electrons. The summed E-state index contributed by atoms with van der Waals surface area (Å²) in [6.45, 7) is 14.6. The molecule has 0 aliphatic rings. The largest absolute Gasteiger partial charge is 0.377 e. The summed E-state index contributed by atoms with van der Waals surface area (Å²) in [5.74, 6) is 0.506. The minimum absolute atomic E-state index is 0.245. The summed E-state index contributed by atoms with van der Waals surface area (Å²) in [5.41, 5.74) is 1.16. The highest BCUT2D eigenvalue weighted by Gasteiger charge is 2.25. The number of likely N-dealkylation sites (N-methyl/N-ethyl adjacent to an activating group) is 1. The van der Waals surface area contributed by atoms with Gasteiger partial charge < -0.3 is 10.1 Å². The molecule has 2 unspecified atom stereocenters. The summed E-state index contributed by atoms with van der Waals surface area (Å²) in [6, 6.07) is 0.343. The van der Waals surface area contributed by atoms with Gasteiger partial charge in [0, 0.05) is 23.9 Å². The lowest BCUT2D eigenvalue weighted by Gasteiger charge is -2.30. The third-order valence-electron chi connectivity index (χ3n) is 3.35. The molecule has 1 heterocycles. The number of hydrogen-bond donors (Lipinski definition) is 1. The third kappa shape index (κ3) is 4.86. The van der Waals surface area contributed by atoms with Crippen LogP contribution in [0.4, 0.5) is 0 Å². The molecule has 0 saturated carbocycles. The molecule has 0 amide bonds. The van der Waals surface area contributed by atoms with E-state index in [1.807, 2.05) is 11.3 Å². The second kappa shape index (κ2) is 7.98. The fraction of sp³-hybridized carbons (Fsp3) is 0.800. The van der Waals surface area contributed by atoms with Crippen LogP contribution in [0.5, 0.6) is 0 Å². The van der Waals surface area contributed by atoms with Gasteiger partial charge in [0.2, 0.25) is 0 Å². The smallest absolute Gasteiger partial charge is 0.0947 e. The van der Waals surface area contributed by atoms with E-state index >= 15 is 0 Å². The number of nitrogens with zero attached hydrogens (tertiary/aromatic N) is 1. The van der Waals surface area contributed by atoms with Crippen LogP contribution >= 0.6 is 11.3 Å². The Balaban J connectivity index is 2.80. The van der Waals surface area contributed by atoms with Gasteiger partial charge >= 0.3 is 0 Å². The van der Waals surface area contributed by atoms with Gasteiger partial charge in [0.1, 0.15) is 0 Å². The zero-order valence-corrected chi connectivity index (χ0v) is 13.9. The number of rotatable bonds is 8. The van der Waals surface area contributed by atoms with E-state index in [4.69, 9.17) is 4.74 Å². The molecule has 0 aliphatic heterocycles. The zero-order valence-electron chi connectivity index (χ0n) is 13.1. The van der Waals surface area contributed by atoms with Crippen molar-refractivity contribution >= 4 is 11.3 Å². The van der Waals surface area contributed by atoms with Crippen molar-refractivity contribution in [3.8, 4) is 0 Å². The standard InChI is InChI=1S/C15H28N2OS/c1-7-16-13(15(10(3)4)18-8-2)9-14-17-11(5)12(6)19-14/h10,13,15-16H,7-9H2,1-6H3. The molecule has 0 aromatic carbocycles. The fourth-order valence-corrected chi connectivity index (χ4v) is 3.34. The van der Waals surface area contributed by atoms with Crippen molar-refractivity contribution in [3.63, 3.8) is 0 Å². The van der Waals surface area contributed by atoms with Crippen LogP contribution in [0.2, 0.25) is 0 Å². The second-order valence-corrected chi connectivity index (χ2v) is 6.57. The van der Waals surface area contributed by atoms with Gasteiger partial charge in [-0.3, -0.25) is 0 Å². The Morgan fingerprint density at radius 1 is 1.26 bits per heavy atom. The molecule has 1 aromatic rings. The Bertz CT molecular complexity index is 357. The predicted octanol–water partition coefficient (Wildman–Crippen LogP) is 3.34. The average Bonchev–Trinajstić information content (AvgIpc) is 2.64. The maximum Gasteiger partial charge on any atom is 0.0947 e. The molecular formula is C15H28N2OS. The first kappa shape index (κ1) is 16.6. The average molecular weight is 284 g/mol. The third-order valence-corrected chi connectivity index (χ3v) is 4.44. The molecule has 4 heteroatoms. The van der Waals surface area contributed by atoms with E-state index < -0.39 is 0 Å². The Hall–Kier alpha value is -0.450. The maximum atomic E-state index is 5.94. The van der Waals surface area contributed by atoms with Crippen LogP contribution < -0.4 is 5.32 Å². The highest BCUT2D eigenvalue weighted by molar-refractivity contribution is 7.11. The normalized spacial score (nSPS) is 14.9. The molecule has 1 rings (SSSR count).